The second kappa shape index (κ2) is 11.2. The molecule has 1 amide bonds. The maximum Gasteiger partial charge on any atom is 0.269 e. The first kappa shape index (κ1) is 23.2. The summed E-state index contributed by atoms with van der Waals surface area (Å²) in [6.07, 6.45) is 1.78. The first-order valence-corrected chi connectivity index (χ1v) is 10.6. The van der Waals surface area contributed by atoms with Gasteiger partial charge in [-0.15, -0.1) is 0 Å². The van der Waals surface area contributed by atoms with Crippen LogP contribution >= 0.6 is 22.6 Å². The number of nitro benzene ring substituents is 1. The zero-order valence-electron chi connectivity index (χ0n) is 17.2. The lowest BCUT2D eigenvalue weighted by atomic mass is 10.1. The third-order valence-electron chi connectivity index (χ3n) is 4.39. The average Bonchev–Trinajstić information content (AvgIpc) is 2.79. The van der Waals surface area contributed by atoms with Crippen molar-refractivity contribution in [2.45, 2.75) is 13.0 Å². The number of nitrogens with one attached hydrogen (secondary N) is 1. The van der Waals surface area contributed by atoms with Crippen LogP contribution in [-0.4, -0.2) is 24.2 Å². The molecule has 3 aromatic carbocycles. The van der Waals surface area contributed by atoms with Crippen molar-refractivity contribution >= 4 is 40.4 Å². The van der Waals surface area contributed by atoms with Crippen molar-refractivity contribution < 1.29 is 19.2 Å². The van der Waals surface area contributed by atoms with E-state index in [9.17, 15) is 14.9 Å². The lowest BCUT2D eigenvalue weighted by molar-refractivity contribution is -0.384. The van der Waals surface area contributed by atoms with E-state index < -0.39 is 4.92 Å². The van der Waals surface area contributed by atoms with Crippen molar-refractivity contribution in [2.24, 2.45) is 5.10 Å². The van der Waals surface area contributed by atoms with Gasteiger partial charge in [0.05, 0.1) is 28.2 Å². The molecule has 3 aromatic rings. The highest BCUT2D eigenvalue weighted by atomic mass is 127. The molecule has 0 atom stereocenters. The van der Waals surface area contributed by atoms with Gasteiger partial charge in [0.2, 0.25) is 5.91 Å². The van der Waals surface area contributed by atoms with Crippen LogP contribution in [0.2, 0.25) is 0 Å². The summed E-state index contributed by atoms with van der Waals surface area (Å²) in [5.74, 6) is 0.852. The molecule has 0 saturated heterocycles. The summed E-state index contributed by atoms with van der Waals surface area (Å²) in [4.78, 5) is 22.3. The summed E-state index contributed by atoms with van der Waals surface area (Å²) >= 11 is 2.13. The third-order valence-corrected chi connectivity index (χ3v) is 5.19. The van der Waals surface area contributed by atoms with E-state index in [1.165, 1.54) is 25.5 Å². The van der Waals surface area contributed by atoms with Crippen LogP contribution in [0.25, 0.3) is 0 Å². The summed E-state index contributed by atoms with van der Waals surface area (Å²) in [6, 6.07) is 19.2. The number of amides is 1. The minimum atomic E-state index is -0.443. The number of hydrogen-bond donors (Lipinski definition) is 1. The molecule has 8 nitrogen and oxygen atoms in total. The van der Waals surface area contributed by atoms with Gasteiger partial charge in [-0.25, -0.2) is 5.43 Å². The molecule has 9 heteroatoms. The molecule has 0 saturated carbocycles. The van der Waals surface area contributed by atoms with Gasteiger partial charge >= 0.3 is 0 Å². The van der Waals surface area contributed by atoms with Crippen molar-refractivity contribution in [1.82, 2.24) is 5.43 Å². The Balaban J connectivity index is 1.63. The summed E-state index contributed by atoms with van der Waals surface area (Å²) in [5, 5.41) is 14.8. The predicted molar refractivity (Wildman–Crippen MR) is 129 cm³/mol. The quantitative estimate of drug-likeness (QED) is 0.185. The number of benzene rings is 3. The Morgan fingerprint density at radius 2 is 1.84 bits per heavy atom. The van der Waals surface area contributed by atoms with Crippen LogP contribution in [0.15, 0.2) is 71.8 Å². The van der Waals surface area contributed by atoms with Crippen LogP contribution in [0.1, 0.15) is 16.7 Å². The van der Waals surface area contributed by atoms with Gasteiger partial charge in [-0.3, -0.25) is 14.9 Å². The maximum atomic E-state index is 12.0. The van der Waals surface area contributed by atoms with Crippen molar-refractivity contribution in [3.05, 3.63) is 97.1 Å². The molecule has 0 bridgehead atoms. The van der Waals surface area contributed by atoms with Gasteiger partial charge in [-0.05, 0) is 63.5 Å². The first-order valence-electron chi connectivity index (χ1n) is 9.55. The van der Waals surface area contributed by atoms with Crippen molar-refractivity contribution in [2.75, 3.05) is 7.11 Å². The highest BCUT2D eigenvalue weighted by molar-refractivity contribution is 14.1. The Morgan fingerprint density at radius 1 is 1.12 bits per heavy atom. The highest BCUT2D eigenvalue weighted by Crippen LogP contribution is 2.34. The Hall–Kier alpha value is -3.47. The Bertz CT molecular complexity index is 1120. The van der Waals surface area contributed by atoms with E-state index in [-0.39, 0.29) is 24.6 Å². The summed E-state index contributed by atoms with van der Waals surface area (Å²) in [5.41, 5.74) is 4.98. The number of carbonyl (C=O) groups is 1. The van der Waals surface area contributed by atoms with E-state index in [0.717, 1.165) is 20.3 Å². The molecular weight excluding hydrogens is 525 g/mol. The predicted octanol–water partition coefficient (Wildman–Crippen LogP) is 4.48. The van der Waals surface area contributed by atoms with Crippen LogP contribution in [0.4, 0.5) is 5.69 Å². The van der Waals surface area contributed by atoms with Crippen LogP contribution in [0.3, 0.4) is 0 Å². The molecule has 32 heavy (non-hydrogen) atoms. The largest absolute Gasteiger partial charge is 0.493 e. The zero-order chi connectivity index (χ0) is 22.9. The van der Waals surface area contributed by atoms with Crippen LogP contribution in [-0.2, 0) is 17.8 Å². The minimum absolute atomic E-state index is 0.0282. The van der Waals surface area contributed by atoms with Crippen LogP contribution < -0.4 is 14.9 Å². The molecule has 0 radical (unpaired) electrons. The zero-order valence-corrected chi connectivity index (χ0v) is 19.3. The second-order valence-corrected chi connectivity index (χ2v) is 7.86. The van der Waals surface area contributed by atoms with Gasteiger partial charge < -0.3 is 9.47 Å². The normalized spacial score (nSPS) is 10.7. The molecule has 0 aliphatic rings. The SMILES string of the molecule is COc1cc(/C=N\NC(=O)Cc2ccccc2)cc(I)c1OCc1ccc([N+](=O)[O-])cc1. The van der Waals surface area contributed by atoms with Crippen molar-refractivity contribution in [1.29, 1.82) is 0 Å². The molecule has 0 fully saturated rings. The molecule has 0 spiro atoms. The van der Waals surface area contributed by atoms with Gasteiger partial charge in [-0.2, -0.15) is 5.10 Å². The van der Waals surface area contributed by atoms with Gasteiger partial charge in [0.1, 0.15) is 6.61 Å². The first-order chi connectivity index (χ1) is 15.5. The van der Waals surface area contributed by atoms with E-state index in [1.54, 1.807) is 18.2 Å². The monoisotopic (exact) mass is 545 g/mol. The van der Waals surface area contributed by atoms with E-state index in [2.05, 4.69) is 33.1 Å². The molecule has 1 N–H and O–H groups in total. The number of halogens is 1. The van der Waals surface area contributed by atoms with Crippen molar-refractivity contribution in [3.8, 4) is 11.5 Å². The summed E-state index contributed by atoms with van der Waals surface area (Å²) in [6.45, 7) is 0.229. The second-order valence-electron chi connectivity index (χ2n) is 6.70. The van der Waals surface area contributed by atoms with E-state index >= 15 is 0 Å². The fourth-order valence-corrected chi connectivity index (χ4v) is 3.60. The van der Waals surface area contributed by atoms with Gasteiger partial charge in [0.15, 0.2) is 11.5 Å². The molecule has 3 rings (SSSR count). The fraction of sp³-hybridized carbons (Fsp3) is 0.130. The maximum absolute atomic E-state index is 12.0. The van der Waals surface area contributed by atoms with Gasteiger partial charge in [0, 0.05) is 12.1 Å². The molecule has 0 aliphatic heterocycles. The van der Waals surface area contributed by atoms with Gasteiger partial charge in [-0.1, -0.05) is 30.3 Å². The standard InChI is InChI=1S/C23H20IN3O5/c1-31-21-12-18(14-25-26-22(28)13-16-5-3-2-4-6-16)11-20(24)23(21)32-15-17-7-9-19(10-8-17)27(29)30/h2-12,14H,13,15H2,1H3,(H,26,28)/b25-14-. The smallest absolute Gasteiger partial charge is 0.269 e. The highest BCUT2D eigenvalue weighted by Gasteiger charge is 2.12. The third kappa shape index (κ3) is 6.51. The van der Waals surface area contributed by atoms with Crippen LogP contribution in [0.5, 0.6) is 11.5 Å². The average molecular weight is 545 g/mol. The molecule has 164 valence electrons. The Labute approximate surface area is 198 Å². The molecule has 0 unspecified atom stereocenters. The van der Waals surface area contributed by atoms with E-state index in [4.69, 9.17) is 9.47 Å². The molecule has 0 aromatic heterocycles. The number of hydrogen-bond acceptors (Lipinski definition) is 6. The number of nitro groups is 1. The lowest BCUT2D eigenvalue weighted by Gasteiger charge is -2.13. The topological polar surface area (TPSA) is 103 Å². The number of rotatable bonds is 9. The lowest BCUT2D eigenvalue weighted by Crippen LogP contribution is -2.19. The molecule has 0 heterocycles. The number of nitrogens with zero attached hydrogens (tertiary/aromatic N) is 2. The molecule has 0 aliphatic carbocycles. The number of ether oxygens (including phenoxy) is 2. The van der Waals surface area contributed by atoms with Crippen LogP contribution in [0, 0.1) is 13.7 Å². The minimum Gasteiger partial charge on any atom is -0.493 e. The summed E-state index contributed by atoms with van der Waals surface area (Å²) < 4.78 is 12.1. The fourth-order valence-electron chi connectivity index (χ4n) is 2.82. The number of non-ortho nitro benzene ring substituents is 1. The molecular formula is C23H20IN3O5. The number of carbonyl (C=O) groups excluding carboxylic acids is 1. The van der Waals surface area contributed by atoms with Crippen molar-refractivity contribution in [3.63, 3.8) is 0 Å². The summed E-state index contributed by atoms with van der Waals surface area (Å²) in [7, 11) is 1.53. The number of methoxy groups -OCH3 is 1. The van der Waals surface area contributed by atoms with E-state index in [0.29, 0.717) is 11.5 Å². The van der Waals surface area contributed by atoms with E-state index in [1.807, 2.05) is 36.4 Å². The number of hydrazone groups is 1. The van der Waals surface area contributed by atoms with Gasteiger partial charge in [0.25, 0.3) is 5.69 Å². The Morgan fingerprint density at radius 3 is 2.50 bits per heavy atom. The Kier molecular flexibility index (Phi) is 8.14.